The van der Waals surface area contributed by atoms with Crippen molar-refractivity contribution in [2.45, 2.75) is 30.6 Å². The number of halogens is 2. The molecule has 2 amide bonds. The summed E-state index contributed by atoms with van der Waals surface area (Å²) >= 11 is 6.58. The summed E-state index contributed by atoms with van der Waals surface area (Å²) < 4.78 is 23.8. The molecule has 0 spiro atoms. The van der Waals surface area contributed by atoms with E-state index in [9.17, 15) is 14.0 Å². The standard InChI is InChI=1S/C18H19ClFN3O4S/c1-11(6-7-22-18(25)16-5-3-13(9-21)28-27-16)23-17(24)10-26-12-2-4-14(19)15(20)8-12/h2,4,8,13,16H,1,3,5-7,10H2,(H,22,25)(H,23,24). The van der Waals surface area contributed by atoms with Gasteiger partial charge in [0.05, 0.1) is 11.1 Å². The van der Waals surface area contributed by atoms with Crippen LogP contribution in [-0.4, -0.2) is 36.3 Å². The fourth-order valence-electron chi connectivity index (χ4n) is 2.26. The molecule has 7 nitrogen and oxygen atoms in total. The van der Waals surface area contributed by atoms with E-state index in [0.29, 0.717) is 25.0 Å². The molecule has 10 heteroatoms. The monoisotopic (exact) mass is 427 g/mol. The average molecular weight is 428 g/mol. The molecule has 0 radical (unpaired) electrons. The van der Waals surface area contributed by atoms with Gasteiger partial charge in [-0.3, -0.25) is 9.59 Å². The smallest absolute Gasteiger partial charge is 0.262 e. The Balaban J connectivity index is 1.62. The third-order valence-corrected chi connectivity index (χ3v) is 4.94. The topological polar surface area (TPSA) is 100 Å². The van der Waals surface area contributed by atoms with Crippen LogP contribution in [0.5, 0.6) is 5.75 Å². The Hall–Kier alpha value is -2.28. The largest absolute Gasteiger partial charge is 0.484 e. The van der Waals surface area contributed by atoms with Gasteiger partial charge >= 0.3 is 0 Å². The minimum absolute atomic E-state index is 0.0330. The summed E-state index contributed by atoms with van der Waals surface area (Å²) in [6, 6.07) is 5.96. The van der Waals surface area contributed by atoms with Crippen LogP contribution < -0.4 is 15.4 Å². The zero-order valence-corrected chi connectivity index (χ0v) is 16.4. The molecule has 1 saturated heterocycles. The molecular formula is C18H19ClFN3O4S. The highest BCUT2D eigenvalue weighted by Gasteiger charge is 2.27. The van der Waals surface area contributed by atoms with Crippen LogP contribution in [0.1, 0.15) is 19.3 Å². The van der Waals surface area contributed by atoms with E-state index in [1.165, 1.54) is 12.1 Å². The highest BCUT2D eigenvalue weighted by atomic mass is 35.5. The fraction of sp³-hybridized carbons (Fsp3) is 0.389. The van der Waals surface area contributed by atoms with Crippen molar-refractivity contribution < 1.29 is 22.9 Å². The first kappa shape index (κ1) is 22.0. The summed E-state index contributed by atoms with van der Waals surface area (Å²) in [6.45, 7) is 3.67. The molecule has 28 heavy (non-hydrogen) atoms. The molecular weight excluding hydrogens is 409 g/mol. The van der Waals surface area contributed by atoms with Crippen molar-refractivity contribution in [3.8, 4) is 11.8 Å². The van der Waals surface area contributed by atoms with Gasteiger partial charge in [0.1, 0.15) is 16.8 Å². The average Bonchev–Trinajstić information content (AvgIpc) is 2.68. The number of nitrogens with one attached hydrogen (secondary N) is 2. The number of nitriles is 1. The van der Waals surface area contributed by atoms with Gasteiger partial charge < -0.3 is 19.6 Å². The van der Waals surface area contributed by atoms with E-state index in [1.807, 2.05) is 0 Å². The number of carbonyl (C=O) groups excluding carboxylic acids is 2. The Labute approximate surface area is 171 Å². The van der Waals surface area contributed by atoms with Crippen molar-refractivity contribution in [3.05, 3.63) is 41.3 Å². The van der Waals surface area contributed by atoms with Crippen molar-refractivity contribution in [2.24, 2.45) is 0 Å². The summed E-state index contributed by atoms with van der Waals surface area (Å²) in [5, 5.41) is 13.8. The number of hydrogen-bond donors (Lipinski definition) is 2. The van der Waals surface area contributed by atoms with Crippen LogP contribution in [0.3, 0.4) is 0 Å². The SMILES string of the molecule is C=C(CCNC(=O)C1CCC(C#N)SO1)NC(=O)COc1ccc(Cl)c(F)c1. The maximum atomic E-state index is 13.3. The quantitative estimate of drug-likeness (QED) is 0.619. The molecule has 1 aromatic carbocycles. The van der Waals surface area contributed by atoms with Crippen molar-refractivity contribution in [1.82, 2.24) is 10.6 Å². The number of benzene rings is 1. The Kier molecular flexibility index (Phi) is 8.57. The van der Waals surface area contributed by atoms with Crippen LogP contribution in [0.4, 0.5) is 4.39 Å². The van der Waals surface area contributed by atoms with Crippen LogP contribution in [0.2, 0.25) is 5.02 Å². The molecule has 1 aliphatic rings. The van der Waals surface area contributed by atoms with Gasteiger partial charge in [0.25, 0.3) is 5.91 Å². The van der Waals surface area contributed by atoms with Crippen LogP contribution in [-0.2, 0) is 13.8 Å². The summed E-state index contributed by atoms with van der Waals surface area (Å²) in [5.74, 6) is -1.18. The summed E-state index contributed by atoms with van der Waals surface area (Å²) in [6.07, 6.45) is 0.815. The van der Waals surface area contributed by atoms with Gasteiger partial charge in [0, 0.05) is 36.8 Å². The predicted molar refractivity (Wildman–Crippen MR) is 103 cm³/mol. The van der Waals surface area contributed by atoms with Crippen LogP contribution in [0.25, 0.3) is 0 Å². The Morgan fingerprint density at radius 2 is 2.25 bits per heavy atom. The van der Waals surface area contributed by atoms with Gasteiger partial charge in [-0.25, -0.2) is 4.39 Å². The van der Waals surface area contributed by atoms with Crippen LogP contribution in [0.15, 0.2) is 30.5 Å². The molecule has 2 atom stereocenters. The number of amides is 2. The van der Waals surface area contributed by atoms with Crippen LogP contribution >= 0.6 is 23.6 Å². The Morgan fingerprint density at radius 1 is 1.46 bits per heavy atom. The molecule has 0 saturated carbocycles. The van der Waals surface area contributed by atoms with E-state index < -0.39 is 17.8 Å². The van der Waals surface area contributed by atoms with Crippen molar-refractivity contribution in [2.75, 3.05) is 13.2 Å². The highest BCUT2D eigenvalue weighted by Crippen LogP contribution is 2.27. The van der Waals surface area contributed by atoms with E-state index >= 15 is 0 Å². The minimum atomic E-state index is -0.636. The second kappa shape index (κ2) is 10.9. The Morgan fingerprint density at radius 3 is 2.89 bits per heavy atom. The molecule has 2 rings (SSSR count). The number of carbonyl (C=O) groups is 2. The van der Waals surface area contributed by atoms with Gasteiger partial charge in [-0.1, -0.05) is 18.2 Å². The number of ether oxygens (including phenoxy) is 1. The second-order valence-electron chi connectivity index (χ2n) is 5.93. The third kappa shape index (κ3) is 7.03. The van der Waals surface area contributed by atoms with E-state index in [0.717, 1.165) is 18.1 Å². The molecule has 0 bridgehead atoms. The zero-order valence-electron chi connectivity index (χ0n) is 14.9. The third-order valence-electron chi connectivity index (χ3n) is 3.72. The lowest BCUT2D eigenvalue weighted by Gasteiger charge is -2.23. The molecule has 1 heterocycles. The first-order chi connectivity index (χ1) is 13.4. The second-order valence-corrected chi connectivity index (χ2v) is 7.29. The molecule has 150 valence electrons. The zero-order chi connectivity index (χ0) is 20.5. The first-order valence-corrected chi connectivity index (χ1v) is 9.62. The van der Waals surface area contributed by atoms with E-state index in [2.05, 4.69) is 23.3 Å². The number of rotatable bonds is 8. The lowest BCUT2D eigenvalue weighted by atomic mass is 10.1. The molecule has 0 aromatic heterocycles. The molecule has 1 fully saturated rings. The minimum Gasteiger partial charge on any atom is -0.484 e. The maximum Gasteiger partial charge on any atom is 0.262 e. The molecule has 1 aromatic rings. The lowest BCUT2D eigenvalue weighted by molar-refractivity contribution is -0.128. The van der Waals surface area contributed by atoms with Crippen molar-refractivity contribution in [1.29, 1.82) is 5.26 Å². The Bertz CT molecular complexity index is 779. The molecule has 1 aliphatic heterocycles. The van der Waals surface area contributed by atoms with Crippen LogP contribution in [0, 0.1) is 17.1 Å². The predicted octanol–water partition coefficient (Wildman–Crippen LogP) is 2.71. The van der Waals surface area contributed by atoms with Gasteiger partial charge in [0.2, 0.25) is 5.91 Å². The van der Waals surface area contributed by atoms with Gasteiger partial charge in [-0.05, 0) is 25.0 Å². The summed E-state index contributed by atoms with van der Waals surface area (Å²) in [5.41, 5.74) is 0.402. The highest BCUT2D eigenvalue weighted by molar-refractivity contribution is 7.95. The van der Waals surface area contributed by atoms with Crippen molar-refractivity contribution in [3.63, 3.8) is 0 Å². The van der Waals surface area contributed by atoms with E-state index in [4.69, 9.17) is 25.8 Å². The van der Waals surface area contributed by atoms with E-state index in [-0.39, 0.29) is 35.1 Å². The lowest BCUT2D eigenvalue weighted by Crippen LogP contribution is -2.39. The molecule has 0 aliphatic carbocycles. The van der Waals surface area contributed by atoms with Gasteiger partial charge in [-0.2, -0.15) is 5.26 Å². The molecule has 2 unspecified atom stereocenters. The maximum absolute atomic E-state index is 13.3. The fourth-order valence-corrected chi connectivity index (χ4v) is 3.10. The summed E-state index contributed by atoms with van der Waals surface area (Å²) in [4.78, 5) is 23.8. The van der Waals surface area contributed by atoms with Crippen molar-refractivity contribution >= 4 is 35.5 Å². The van der Waals surface area contributed by atoms with Gasteiger partial charge in [0.15, 0.2) is 12.7 Å². The number of nitrogens with zero attached hydrogens (tertiary/aromatic N) is 1. The first-order valence-electron chi connectivity index (χ1n) is 8.44. The molecule has 2 N–H and O–H groups in total. The van der Waals surface area contributed by atoms with Gasteiger partial charge in [-0.15, -0.1) is 0 Å². The van der Waals surface area contributed by atoms with E-state index in [1.54, 1.807) is 0 Å². The number of hydrogen-bond acceptors (Lipinski definition) is 6. The normalized spacial score (nSPS) is 18.6. The summed E-state index contributed by atoms with van der Waals surface area (Å²) in [7, 11) is 0.